The van der Waals surface area contributed by atoms with Gasteiger partial charge in [-0.3, -0.25) is 9.59 Å². The Morgan fingerprint density at radius 2 is 1.83 bits per heavy atom. The number of carbonyl (C=O) groups is 2. The molecule has 0 aromatic heterocycles. The Morgan fingerprint density at radius 3 is 2.46 bits per heavy atom. The van der Waals surface area contributed by atoms with Gasteiger partial charge in [-0.05, 0) is 25.0 Å². The van der Waals surface area contributed by atoms with E-state index in [0.717, 1.165) is 0 Å². The number of rotatable bonds is 9. The second-order valence-corrected chi connectivity index (χ2v) is 5.70. The van der Waals surface area contributed by atoms with Crippen LogP contribution in [0.2, 0.25) is 0 Å². The topological polar surface area (TPSA) is 89.0 Å². The van der Waals surface area contributed by atoms with Crippen molar-refractivity contribution in [2.75, 3.05) is 20.3 Å². The van der Waals surface area contributed by atoms with Crippen LogP contribution in [0.5, 0.6) is 11.5 Å². The molecule has 0 saturated carbocycles. The van der Waals surface area contributed by atoms with E-state index in [9.17, 15) is 9.59 Å². The molecule has 0 spiro atoms. The third kappa shape index (κ3) is 7.62. The molecule has 0 bridgehead atoms. The molecule has 0 radical (unpaired) electrons. The third-order valence-corrected chi connectivity index (χ3v) is 2.92. The molecule has 132 valence electrons. The van der Waals surface area contributed by atoms with E-state index < -0.39 is 5.91 Å². The summed E-state index contributed by atoms with van der Waals surface area (Å²) < 4.78 is 10.5. The number of para-hydroxylation sites is 2. The van der Waals surface area contributed by atoms with Gasteiger partial charge in [0, 0.05) is 12.3 Å². The Balaban J connectivity index is 2.37. The zero-order chi connectivity index (χ0) is 17.9. The molecule has 1 rings (SSSR count). The van der Waals surface area contributed by atoms with Crippen LogP contribution in [0.4, 0.5) is 0 Å². The zero-order valence-electron chi connectivity index (χ0n) is 14.6. The second kappa shape index (κ2) is 10.3. The highest BCUT2D eigenvalue weighted by atomic mass is 16.5. The van der Waals surface area contributed by atoms with Crippen LogP contribution in [0, 0.1) is 5.92 Å². The number of hydrogen-bond donors (Lipinski definition) is 2. The SMILES string of the molecule is COc1ccccc1OCC(=O)N/N=C(\C)CC(=O)NCC(C)C. The van der Waals surface area contributed by atoms with Gasteiger partial charge in [-0.25, -0.2) is 5.43 Å². The number of methoxy groups -OCH3 is 1. The molecule has 7 heteroatoms. The van der Waals surface area contributed by atoms with E-state index in [-0.39, 0.29) is 18.9 Å². The van der Waals surface area contributed by atoms with Gasteiger partial charge in [-0.15, -0.1) is 0 Å². The van der Waals surface area contributed by atoms with E-state index in [1.54, 1.807) is 25.1 Å². The van der Waals surface area contributed by atoms with Gasteiger partial charge in [-0.2, -0.15) is 5.10 Å². The molecule has 0 aliphatic carbocycles. The molecular weight excluding hydrogens is 310 g/mol. The van der Waals surface area contributed by atoms with Crippen LogP contribution in [0.25, 0.3) is 0 Å². The highest BCUT2D eigenvalue weighted by Crippen LogP contribution is 2.25. The lowest BCUT2D eigenvalue weighted by molar-refractivity contribution is -0.123. The summed E-state index contributed by atoms with van der Waals surface area (Å²) in [6, 6.07) is 7.04. The highest BCUT2D eigenvalue weighted by Gasteiger charge is 2.08. The first kappa shape index (κ1) is 19.5. The fraction of sp³-hybridized carbons (Fsp3) is 0.471. The summed E-state index contributed by atoms with van der Waals surface area (Å²) in [4.78, 5) is 23.4. The number of benzene rings is 1. The summed E-state index contributed by atoms with van der Waals surface area (Å²) in [6.45, 7) is 6.13. The molecule has 0 heterocycles. The maximum Gasteiger partial charge on any atom is 0.277 e. The second-order valence-electron chi connectivity index (χ2n) is 5.70. The van der Waals surface area contributed by atoms with E-state index in [1.807, 2.05) is 19.9 Å². The zero-order valence-corrected chi connectivity index (χ0v) is 14.6. The van der Waals surface area contributed by atoms with Crippen molar-refractivity contribution in [2.45, 2.75) is 27.2 Å². The molecule has 0 aliphatic rings. The number of carbonyl (C=O) groups excluding carboxylic acids is 2. The number of hydrazone groups is 1. The first-order chi connectivity index (χ1) is 11.4. The molecule has 0 saturated heterocycles. The quantitative estimate of drug-likeness (QED) is 0.531. The average molecular weight is 335 g/mol. The van der Waals surface area contributed by atoms with Crippen LogP contribution in [0.15, 0.2) is 29.4 Å². The molecular formula is C17H25N3O4. The minimum atomic E-state index is -0.414. The first-order valence-corrected chi connectivity index (χ1v) is 7.77. The minimum absolute atomic E-state index is 0.121. The van der Waals surface area contributed by atoms with E-state index in [4.69, 9.17) is 9.47 Å². The molecule has 0 fully saturated rings. The smallest absolute Gasteiger partial charge is 0.277 e. The van der Waals surface area contributed by atoms with E-state index in [2.05, 4.69) is 15.8 Å². The fourth-order valence-corrected chi connectivity index (χ4v) is 1.72. The standard InChI is InChI=1S/C17H25N3O4/c1-12(2)10-18-16(21)9-13(3)19-20-17(22)11-24-15-8-6-5-7-14(15)23-4/h5-8,12H,9-11H2,1-4H3,(H,18,21)(H,20,22)/b19-13+. The van der Waals surface area contributed by atoms with E-state index >= 15 is 0 Å². The Kier molecular flexibility index (Phi) is 8.32. The lowest BCUT2D eigenvalue weighted by Gasteiger charge is -2.09. The number of amides is 2. The Morgan fingerprint density at radius 1 is 1.17 bits per heavy atom. The van der Waals surface area contributed by atoms with Gasteiger partial charge in [-0.1, -0.05) is 26.0 Å². The van der Waals surface area contributed by atoms with Gasteiger partial charge in [0.15, 0.2) is 18.1 Å². The minimum Gasteiger partial charge on any atom is -0.493 e. The number of hydrogen-bond acceptors (Lipinski definition) is 5. The monoisotopic (exact) mass is 335 g/mol. The van der Waals surface area contributed by atoms with Gasteiger partial charge in [0.2, 0.25) is 5.91 Å². The van der Waals surface area contributed by atoms with Gasteiger partial charge >= 0.3 is 0 Å². The summed E-state index contributed by atoms with van der Waals surface area (Å²) in [5, 5.41) is 6.68. The van der Waals surface area contributed by atoms with Crippen LogP contribution < -0.4 is 20.2 Å². The maximum atomic E-state index is 11.7. The highest BCUT2D eigenvalue weighted by molar-refractivity contribution is 6.00. The van der Waals surface area contributed by atoms with Crippen molar-refractivity contribution >= 4 is 17.5 Å². The number of nitrogens with zero attached hydrogens (tertiary/aromatic N) is 1. The van der Waals surface area contributed by atoms with Crippen molar-refractivity contribution < 1.29 is 19.1 Å². The third-order valence-electron chi connectivity index (χ3n) is 2.92. The van der Waals surface area contributed by atoms with Crippen molar-refractivity contribution in [3.05, 3.63) is 24.3 Å². The van der Waals surface area contributed by atoms with Crippen molar-refractivity contribution in [1.29, 1.82) is 0 Å². The van der Waals surface area contributed by atoms with Crippen LogP contribution in [-0.2, 0) is 9.59 Å². The predicted octanol–water partition coefficient (Wildman–Crippen LogP) is 1.73. The van der Waals surface area contributed by atoms with Crippen molar-refractivity contribution in [3.8, 4) is 11.5 Å². The molecule has 2 amide bonds. The first-order valence-electron chi connectivity index (χ1n) is 7.77. The molecule has 2 N–H and O–H groups in total. The van der Waals surface area contributed by atoms with E-state index in [1.165, 1.54) is 7.11 Å². The normalized spacial score (nSPS) is 11.1. The molecule has 1 aromatic rings. The van der Waals surface area contributed by atoms with Crippen LogP contribution in [0.3, 0.4) is 0 Å². The van der Waals surface area contributed by atoms with Gasteiger partial charge < -0.3 is 14.8 Å². The average Bonchev–Trinajstić information content (AvgIpc) is 2.56. The maximum absolute atomic E-state index is 11.7. The van der Waals surface area contributed by atoms with Crippen molar-refractivity contribution in [2.24, 2.45) is 11.0 Å². The van der Waals surface area contributed by atoms with Crippen molar-refractivity contribution in [3.63, 3.8) is 0 Å². The summed E-state index contributed by atoms with van der Waals surface area (Å²) >= 11 is 0. The number of ether oxygens (including phenoxy) is 2. The van der Waals surface area contributed by atoms with Crippen LogP contribution in [0.1, 0.15) is 27.2 Å². The lowest BCUT2D eigenvalue weighted by Crippen LogP contribution is -2.30. The Bertz CT molecular complexity index is 585. The molecule has 0 atom stereocenters. The molecule has 7 nitrogen and oxygen atoms in total. The van der Waals surface area contributed by atoms with Crippen molar-refractivity contribution in [1.82, 2.24) is 10.7 Å². The number of nitrogens with one attached hydrogen (secondary N) is 2. The van der Waals surface area contributed by atoms with Gasteiger partial charge in [0.1, 0.15) is 0 Å². The van der Waals surface area contributed by atoms with Gasteiger partial charge in [0.05, 0.1) is 13.5 Å². The van der Waals surface area contributed by atoms with E-state index in [0.29, 0.717) is 29.7 Å². The Hall–Kier alpha value is -2.57. The summed E-state index contributed by atoms with van der Waals surface area (Å²) in [7, 11) is 1.53. The lowest BCUT2D eigenvalue weighted by atomic mass is 10.2. The van der Waals surface area contributed by atoms with Gasteiger partial charge in [0.25, 0.3) is 5.91 Å². The largest absolute Gasteiger partial charge is 0.493 e. The fourth-order valence-electron chi connectivity index (χ4n) is 1.72. The van der Waals surface area contributed by atoms with Crippen LogP contribution >= 0.6 is 0 Å². The summed E-state index contributed by atoms with van der Waals surface area (Å²) in [5.41, 5.74) is 2.88. The Labute approximate surface area is 142 Å². The molecule has 0 unspecified atom stereocenters. The molecule has 1 aromatic carbocycles. The summed E-state index contributed by atoms with van der Waals surface area (Å²) in [6.07, 6.45) is 0.139. The molecule has 24 heavy (non-hydrogen) atoms. The predicted molar refractivity (Wildman–Crippen MR) is 92.2 cm³/mol. The van der Waals surface area contributed by atoms with Crippen LogP contribution in [-0.4, -0.2) is 37.8 Å². The molecule has 0 aliphatic heterocycles. The summed E-state index contributed by atoms with van der Waals surface area (Å²) in [5.74, 6) is 0.876.